The SMILES string of the molecule is Cc1ccc([C@H](C)N)c(OCCCOCC(F)(F)F)c1. The van der Waals surface area contributed by atoms with Crippen LogP contribution in [0, 0.1) is 6.92 Å². The number of ether oxygens (including phenoxy) is 2. The molecule has 0 aliphatic heterocycles. The van der Waals surface area contributed by atoms with Crippen molar-refractivity contribution in [2.75, 3.05) is 19.8 Å². The molecule has 0 saturated carbocycles. The molecular formula is C14H20F3NO2. The van der Waals surface area contributed by atoms with E-state index in [0.29, 0.717) is 18.8 Å². The lowest BCUT2D eigenvalue weighted by molar-refractivity contribution is -0.174. The van der Waals surface area contributed by atoms with Crippen molar-refractivity contribution in [1.82, 2.24) is 0 Å². The van der Waals surface area contributed by atoms with E-state index in [9.17, 15) is 13.2 Å². The van der Waals surface area contributed by atoms with E-state index in [2.05, 4.69) is 4.74 Å². The minimum absolute atomic E-state index is 0.0127. The van der Waals surface area contributed by atoms with Crippen LogP contribution in [0.15, 0.2) is 18.2 Å². The quantitative estimate of drug-likeness (QED) is 0.783. The molecule has 1 aromatic carbocycles. The van der Waals surface area contributed by atoms with Gasteiger partial charge in [-0.25, -0.2) is 0 Å². The van der Waals surface area contributed by atoms with Crippen LogP contribution in [0.25, 0.3) is 0 Å². The fraction of sp³-hybridized carbons (Fsp3) is 0.571. The molecule has 0 spiro atoms. The van der Waals surface area contributed by atoms with Gasteiger partial charge < -0.3 is 15.2 Å². The van der Waals surface area contributed by atoms with E-state index in [1.807, 2.05) is 32.0 Å². The van der Waals surface area contributed by atoms with Crippen LogP contribution in [0.5, 0.6) is 5.75 Å². The molecule has 2 N–H and O–H groups in total. The molecular weight excluding hydrogens is 271 g/mol. The maximum atomic E-state index is 11.8. The Morgan fingerprint density at radius 2 is 1.95 bits per heavy atom. The van der Waals surface area contributed by atoms with E-state index in [-0.39, 0.29) is 12.6 Å². The summed E-state index contributed by atoms with van der Waals surface area (Å²) in [5, 5.41) is 0. The molecule has 20 heavy (non-hydrogen) atoms. The second-order valence-corrected chi connectivity index (χ2v) is 4.70. The van der Waals surface area contributed by atoms with Crippen molar-refractivity contribution < 1.29 is 22.6 Å². The van der Waals surface area contributed by atoms with Gasteiger partial charge in [0.2, 0.25) is 0 Å². The van der Waals surface area contributed by atoms with Gasteiger partial charge in [-0.15, -0.1) is 0 Å². The van der Waals surface area contributed by atoms with Gasteiger partial charge in [-0.05, 0) is 25.5 Å². The highest BCUT2D eigenvalue weighted by molar-refractivity contribution is 5.38. The highest BCUT2D eigenvalue weighted by atomic mass is 19.4. The summed E-state index contributed by atoms with van der Waals surface area (Å²) in [7, 11) is 0. The number of aryl methyl sites for hydroxylation is 1. The van der Waals surface area contributed by atoms with Crippen molar-refractivity contribution in [3.05, 3.63) is 29.3 Å². The molecule has 0 aromatic heterocycles. The van der Waals surface area contributed by atoms with Gasteiger partial charge in [0, 0.05) is 18.0 Å². The number of nitrogens with two attached hydrogens (primary N) is 1. The predicted octanol–water partition coefficient (Wildman–Crippen LogP) is 3.36. The molecule has 0 fully saturated rings. The lowest BCUT2D eigenvalue weighted by Crippen LogP contribution is -2.18. The van der Waals surface area contributed by atoms with Crippen LogP contribution in [0.4, 0.5) is 13.2 Å². The summed E-state index contributed by atoms with van der Waals surface area (Å²) >= 11 is 0. The molecule has 3 nitrogen and oxygen atoms in total. The summed E-state index contributed by atoms with van der Waals surface area (Å²) in [6.07, 6.45) is -3.89. The van der Waals surface area contributed by atoms with Crippen LogP contribution >= 0.6 is 0 Å². The highest BCUT2D eigenvalue weighted by Gasteiger charge is 2.27. The van der Waals surface area contributed by atoms with Crippen molar-refractivity contribution in [3.63, 3.8) is 0 Å². The minimum Gasteiger partial charge on any atom is -0.493 e. The molecule has 0 bridgehead atoms. The lowest BCUT2D eigenvalue weighted by atomic mass is 10.1. The molecule has 0 unspecified atom stereocenters. The van der Waals surface area contributed by atoms with Crippen LogP contribution in [0.3, 0.4) is 0 Å². The minimum atomic E-state index is -4.28. The standard InChI is InChI=1S/C14H20F3NO2/c1-10-4-5-12(11(2)18)13(8-10)20-7-3-6-19-9-14(15,16)17/h4-5,8,11H,3,6-7,9,18H2,1-2H3/t11-/m0/s1. The first-order chi connectivity index (χ1) is 9.29. The Morgan fingerprint density at radius 1 is 1.25 bits per heavy atom. The zero-order valence-corrected chi connectivity index (χ0v) is 11.7. The molecule has 6 heteroatoms. The van der Waals surface area contributed by atoms with Crippen molar-refractivity contribution in [1.29, 1.82) is 0 Å². The van der Waals surface area contributed by atoms with E-state index in [0.717, 1.165) is 11.1 Å². The molecule has 1 atom stereocenters. The summed E-state index contributed by atoms with van der Waals surface area (Å²) in [4.78, 5) is 0. The third-order valence-corrected chi connectivity index (χ3v) is 2.62. The van der Waals surface area contributed by atoms with Gasteiger partial charge in [0.15, 0.2) is 0 Å². The Bertz CT molecular complexity index is 419. The van der Waals surface area contributed by atoms with Gasteiger partial charge in [-0.1, -0.05) is 12.1 Å². The van der Waals surface area contributed by atoms with Crippen LogP contribution in [0.2, 0.25) is 0 Å². The third-order valence-electron chi connectivity index (χ3n) is 2.62. The Balaban J connectivity index is 2.37. The van der Waals surface area contributed by atoms with Gasteiger partial charge in [-0.2, -0.15) is 13.2 Å². The molecule has 1 aromatic rings. The van der Waals surface area contributed by atoms with Gasteiger partial charge in [0.1, 0.15) is 12.4 Å². The van der Waals surface area contributed by atoms with Crippen LogP contribution in [0.1, 0.15) is 30.5 Å². The van der Waals surface area contributed by atoms with E-state index in [4.69, 9.17) is 10.5 Å². The Kier molecular flexibility index (Phi) is 6.29. The Labute approximate surface area is 116 Å². The average molecular weight is 291 g/mol. The van der Waals surface area contributed by atoms with E-state index < -0.39 is 12.8 Å². The highest BCUT2D eigenvalue weighted by Crippen LogP contribution is 2.25. The van der Waals surface area contributed by atoms with Crippen LogP contribution in [-0.4, -0.2) is 26.0 Å². The monoisotopic (exact) mass is 291 g/mol. The van der Waals surface area contributed by atoms with E-state index in [1.54, 1.807) is 0 Å². The molecule has 0 amide bonds. The van der Waals surface area contributed by atoms with Crippen LogP contribution < -0.4 is 10.5 Å². The van der Waals surface area contributed by atoms with Crippen molar-refractivity contribution in [2.24, 2.45) is 5.73 Å². The van der Waals surface area contributed by atoms with Gasteiger partial charge in [-0.3, -0.25) is 0 Å². The maximum absolute atomic E-state index is 11.8. The zero-order valence-electron chi connectivity index (χ0n) is 11.7. The Hall–Kier alpha value is -1.27. The summed E-state index contributed by atoms with van der Waals surface area (Å²) in [6, 6.07) is 5.55. The van der Waals surface area contributed by atoms with E-state index in [1.165, 1.54) is 0 Å². The molecule has 1 rings (SSSR count). The summed E-state index contributed by atoms with van der Waals surface area (Å²) in [5.74, 6) is 0.677. The average Bonchev–Trinajstić information content (AvgIpc) is 2.32. The van der Waals surface area contributed by atoms with Crippen molar-refractivity contribution in [2.45, 2.75) is 32.5 Å². The summed E-state index contributed by atoms with van der Waals surface area (Å²) in [6.45, 7) is 2.87. The number of halogens is 3. The molecule has 0 radical (unpaired) electrons. The predicted molar refractivity (Wildman–Crippen MR) is 70.8 cm³/mol. The lowest BCUT2D eigenvalue weighted by Gasteiger charge is -2.15. The van der Waals surface area contributed by atoms with Crippen molar-refractivity contribution >= 4 is 0 Å². The summed E-state index contributed by atoms with van der Waals surface area (Å²) in [5.41, 5.74) is 7.76. The zero-order chi connectivity index (χ0) is 15.2. The molecule has 0 aliphatic rings. The number of rotatable bonds is 7. The normalized spacial score (nSPS) is 13.3. The molecule has 114 valence electrons. The molecule has 0 saturated heterocycles. The number of hydrogen-bond donors (Lipinski definition) is 1. The number of hydrogen-bond acceptors (Lipinski definition) is 3. The van der Waals surface area contributed by atoms with Gasteiger partial charge in [0.05, 0.1) is 13.2 Å². The number of benzene rings is 1. The van der Waals surface area contributed by atoms with Gasteiger partial charge in [0.25, 0.3) is 0 Å². The van der Waals surface area contributed by atoms with Gasteiger partial charge >= 0.3 is 6.18 Å². The first-order valence-corrected chi connectivity index (χ1v) is 6.43. The first kappa shape index (κ1) is 16.8. The topological polar surface area (TPSA) is 44.5 Å². The van der Waals surface area contributed by atoms with E-state index >= 15 is 0 Å². The largest absolute Gasteiger partial charge is 0.493 e. The maximum Gasteiger partial charge on any atom is 0.411 e. The fourth-order valence-corrected chi connectivity index (χ4v) is 1.67. The molecule has 0 heterocycles. The second kappa shape index (κ2) is 7.50. The Morgan fingerprint density at radius 3 is 2.55 bits per heavy atom. The third kappa shape index (κ3) is 6.25. The smallest absolute Gasteiger partial charge is 0.411 e. The van der Waals surface area contributed by atoms with Crippen LogP contribution in [-0.2, 0) is 4.74 Å². The number of alkyl halides is 3. The van der Waals surface area contributed by atoms with Crippen molar-refractivity contribution in [3.8, 4) is 5.75 Å². The fourth-order valence-electron chi connectivity index (χ4n) is 1.67. The molecule has 0 aliphatic carbocycles. The first-order valence-electron chi connectivity index (χ1n) is 6.43. The second-order valence-electron chi connectivity index (χ2n) is 4.70. The summed E-state index contributed by atoms with van der Waals surface area (Å²) < 4.78 is 45.6.